The zero-order valence-corrected chi connectivity index (χ0v) is 19.7. The van der Waals surface area contributed by atoms with Gasteiger partial charge in [-0.2, -0.15) is 0 Å². The van der Waals surface area contributed by atoms with Crippen LogP contribution in [0.15, 0.2) is 95.4 Å². The van der Waals surface area contributed by atoms with Gasteiger partial charge in [-0.25, -0.2) is 4.39 Å². The first kappa shape index (κ1) is 25.2. The maximum absolute atomic E-state index is 14.3. The van der Waals surface area contributed by atoms with Crippen molar-refractivity contribution in [3.63, 3.8) is 0 Å². The van der Waals surface area contributed by atoms with Crippen LogP contribution in [0, 0.1) is 0 Å². The zero-order chi connectivity index (χ0) is 25.0. The van der Waals surface area contributed by atoms with E-state index >= 15 is 0 Å². The topological polar surface area (TPSA) is 81.5 Å². The summed E-state index contributed by atoms with van der Waals surface area (Å²) < 4.78 is 19.8. The number of halogens is 1. The van der Waals surface area contributed by atoms with Crippen LogP contribution in [0.25, 0.3) is 5.83 Å². The molecule has 3 rings (SSSR count). The average Bonchev–Trinajstić information content (AvgIpc) is 2.91. The van der Waals surface area contributed by atoms with Crippen molar-refractivity contribution < 1.29 is 23.6 Å². The Labute approximate surface area is 203 Å². The highest BCUT2D eigenvalue weighted by Gasteiger charge is 2.17. The molecule has 180 valence electrons. The number of benzene rings is 3. The summed E-state index contributed by atoms with van der Waals surface area (Å²) in [6.45, 7) is 1.89. The summed E-state index contributed by atoms with van der Waals surface area (Å²) in [5.41, 5.74) is 3.20. The van der Waals surface area contributed by atoms with Crippen LogP contribution >= 0.6 is 0 Å². The number of carbonyl (C=O) groups is 1. The van der Waals surface area contributed by atoms with Crippen molar-refractivity contribution in [3.05, 3.63) is 107 Å². The van der Waals surface area contributed by atoms with E-state index in [0.717, 1.165) is 11.8 Å². The molecule has 0 fully saturated rings. The molecule has 0 aliphatic carbocycles. The Morgan fingerprint density at radius 2 is 1.69 bits per heavy atom. The van der Waals surface area contributed by atoms with Gasteiger partial charge in [0.25, 0.3) is 5.91 Å². The van der Waals surface area contributed by atoms with Gasteiger partial charge < -0.3 is 19.7 Å². The van der Waals surface area contributed by atoms with Crippen molar-refractivity contribution in [1.82, 2.24) is 5.32 Å². The lowest BCUT2D eigenvalue weighted by atomic mass is 10.0. The molecule has 0 bridgehead atoms. The number of likely N-dealkylation sites (N-methyl/N-ethyl adjacent to an activating group) is 1. The fourth-order valence-electron chi connectivity index (χ4n) is 3.13. The molecule has 0 atom stereocenters. The maximum Gasteiger partial charge on any atom is 0.273 e. The highest BCUT2D eigenvalue weighted by atomic mass is 19.1. The third-order valence-corrected chi connectivity index (χ3v) is 4.92. The predicted octanol–water partition coefficient (Wildman–Crippen LogP) is 5.07. The summed E-state index contributed by atoms with van der Waals surface area (Å²) in [4.78, 5) is 22.6. The van der Waals surface area contributed by atoms with Gasteiger partial charge in [0.2, 0.25) is 0 Å². The number of nitrogens with zero attached hydrogens (tertiary/aromatic N) is 2. The monoisotopic (exact) mass is 475 g/mol. The Hall–Kier alpha value is -4.46. The van der Waals surface area contributed by atoms with Gasteiger partial charge in [-0.1, -0.05) is 77.0 Å². The summed E-state index contributed by atoms with van der Waals surface area (Å²) >= 11 is 0. The number of amides is 1. The quantitative estimate of drug-likeness (QED) is 0.252. The number of oxime groups is 2. The first-order valence-corrected chi connectivity index (χ1v) is 10.8. The smallest absolute Gasteiger partial charge is 0.273 e. The molecule has 1 N–H and O–H groups in total. The molecule has 1 amide bonds. The van der Waals surface area contributed by atoms with E-state index in [-0.39, 0.29) is 18.2 Å². The molecule has 0 heterocycles. The van der Waals surface area contributed by atoms with E-state index in [9.17, 15) is 9.18 Å². The Morgan fingerprint density at radius 1 is 0.971 bits per heavy atom. The normalized spacial score (nSPS) is 12.2. The van der Waals surface area contributed by atoms with Crippen LogP contribution in [0.1, 0.15) is 29.2 Å². The summed E-state index contributed by atoms with van der Waals surface area (Å²) in [7, 11) is 2.89. The molecule has 8 heteroatoms. The predicted molar refractivity (Wildman–Crippen MR) is 134 cm³/mol. The first-order valence-electron chi connectivity index (χ1n) is 10.8. The zero-order valence-electron chi connectivity index (χ0n) is 19.7. The lowest BCUT2D eigenvalue weighted by molar-refractivity contribution is -0.114. The van der Waals surface area contributed by atoms with E-state index in [4.69, 9.17) is 14.4 Å². The lowest BCUT2D eigenvalue weighted by Crippen LogP contribution is -2.29. The molecule has 3 aromatic rings. The summed E-state index contributed by atoms with van der Waals surface area (Å²) in [5.74, 6) is -0.399. The van der Waals surface area contributed by atoms with Gasteiger partial charge in [0.15, 0.2) is 11.5 Å². The SMILES string of the molecule is CNC(=O)C(=NOC)c1ccccc1CON=C(C)c1cccc(OC=C(F)c2ccccc2)c1. The van der Waals surface area contributed by atoms with E-state index < -0.39 is 5.83 Å². The van der Waals surface area contributed by atoms with Gasteiger partial charge in [0.05, 0.1) is 5.71 Å². The standard InChI is InChI=1S/C27H26FN3O4/c1-19(21-13-9-14-23(16-21)34-18-25(28)20-10-5-4-6-11-20)30-35-17-22-12-7-8-15-24(22)26(31-33-3)27(32)29-2/h4-16,18H,17H2,1-3H3,(H,29,32). The molecule has 0 unspecified atom stereocenters. The molecule has 0 aromatic heterocycles. The fraction of sp³-hybridized carbons (Fsp3) is 0.148. The Kier molecular flexibility index (Phi) is 9.13. The minimum absolute atomic E-state index is 0.106. The molecule has 0 aliphatic heterocycles. The van der Waals surface area contributed by atoms with Gasteiger partial charge in [-0.3, -0.25) is 4.79 Å². The molecule has 0 saturated heterocycles. The average molecular weight is 476 g/mol. The van der Waals surface area contributed by atoms with E-state index in [0.29, 0.717) is 28.2 Å². The van der Waals surface area contributed by atoms with E-state index in [1.54, 1.807) is 61.5 Å². The Bertz CT molecular complexity index is 1240. The minimum Gasteiger partial charge on any atom is -0.462 e. The molecule has 0 aliphatic rings. The van der Waals surface area contributed by atoms with E-state index in [1.165, 1.54) is 14.2 Å². The summed E-state index contributed by atoms with van der Waals surface area (Å²) in [5, 5.41) is 10.6. The van der Waals surface area contributed by atoms with Gasteiger partial charge in [0.1, 0.15) is 25.7 Å². The summed E-state index contributed by atoms with van der Waals surface area (Å²) in [6.07, 6.45) is 1.07. The third kappa shape index (κ3) is 7.01. The Balaban J connectivity index is 1.70. The second kappa shape index (κ2) is 12.7. The highest BCUT2D eigenvalue weighted by Crippen LogP contribution is 2.19. The third-order valence-electron chi connectivity index (χ3n) is 4.92. The molecule has 0 radical (unpaired) electrons. The number of hydrogen-bond acceptors (Lipinski definition) is 6. The van der Waals surface area contributed by atoms with Crippen LogP contribution in [-0.4, -0.2) is 31.5 Å². The molecule has 35 heavy (non-hydrogen) atoms. The van der Waals surface area contributed by atoms with Gasteiger partial charge in [-0.15, -0.1) is 0 Å². The molecule has 0 saturated carbocycles. The highest BCUT2D eigenvalue weighted by molar-refractivity contribution is 6.45. The van der Waals surface area contributed by atoms with Crippen LogP contribution < -0.4 is 10.1 Å². The number of nitrogens with one attached hydrogen (secondary N) is 1. The molecular formula is C27H26FN3O4. The molecule has 7 nitrogen and oxygen atoms in total. The van der Waals surface area contributed by atoms with E-state index in [2.05, 4.69) is 15.6 Å². The van der Waals surface area contributed by atoms with Gasteiger partial charge in [0, 0.05) is 29.3 Å². The summed E-state index contributed by atoms with van der Waals surface area (Å²) in [6, 6.07) is 22.9. The van der Waals surface area contributed by atoms with E-state index in [1.807, 2.05) is 24.3 Å². The van der Waals surface area contributed by atoms with Crippen LogP contribution in [0.5, 0.6) is 5.75 Å². The first-order chi connectivity index (χ1) is 17.0. The second-order valence-electron chi connectivity index (χ2n) is 7.29. The molecule has 3 aromatic carbocycles. The fourth-order valence-corrected chi connectivity index (χ4v) is 3.13. The number of hydrogen-bond donors (Lipinski definition) is 1. The number of rotatable bonds is 10. The van der Waals surface area contributed by atoms with Crippen LogP contribution in [0.3, 0.4) is 0 Å². The number of carbonyl (C=O) groups excluding carboxylic acids is 1. The van der Waals surface area contributed by atoms with Crippen molar-refractivity contribution in [3.8, 4) is 5.75 Å². The largest absolute Gasteiger partial charge is 0.462 e. The maximum atomic E-state index is 14.3. The Morgan fingerprint density at radius 3 is 2.43 bits per heavy atom. The van der Waals surface area contributed by atoms with Crippen molar-refractivity contribution in [2.45, 2.75) is 13.5 Å². The molecular weight excluding hydrogens is 449 g/mol. The van der Waals surface area contributed by atoms with Gasteiger partial charge >= 0.3 is 0 Å². The van der Waals surface area contributed by atoms with Gasteiger partial charge in [-0.05, 0) is 19.1 Å². The second-order valence-corrected chi connectivity index (χ2v) is 7.29. The van der Waals surface area contributed by atoms with Crippen LogP contribution in [-0.2, 0) is 21.1 Å². The molecule has 0 spiro atoms. The van der Waals surface area contributed by atoms with Crippen molar-refractivity contribution in [2.24, 2.45) is 10.3 Å². The van der Waals surface area contributed by atoms with Crippen LogP contribution in [0.4, 0.5) is 4.39 Å². The lowest BCUT2D eigenvalue weighted by Gasteiger charge is -2.10. The van der Waals surface area contributed by atoms with Crippen molar-refractivity contribution in [2.75, 3.05) is 14.2 Å². The number of ether oxygens (including phenoxy) is 1. The minimum atomic E-state index is -0.475. The van der Waals surface area contributed by atoms with Crippen molar-refractivity contribution in [1.29, 1.82) is 0 Å². The van der Waals surface area contributed by atoms with Crippen LogP contribution in [0.2, 0.25) is 0 Å². The van der Waals surface area contributed by atoms with Crippen molar-refractivity contribution >= 4 is 23.2 Å².